The molecule has 1 N–H and O–H groups in total. The molecule has 86 valence electrons. The number of fused-ring (bicyclic) bond motifs is 1. The molecule has 1 atom stereocenters. The molecule has 6 heteroatoms. The number of nitrogens with zero attached hydrogens (tertiary/aromatic N) is 4. The molecular formula is C11H11N5S. The second-order valence-electron chi connectivity index (χ2n) is 3.76. The Bertz CT molecular complexity index is 616. The molecule has 3 heterocycles. The number of nitrogens with one attached hydrogen (secondary N) is 1. The molecule has 5 nitrogen and oxygen atoms in total. The van der Waals surface area contributed by atoms with E-state index in [1.165, 1.54) is 5.56 Å². The molecule has 1 unspecified atom stereocenters. The zero-order valence-electron chi connectivity index (χ0n) is 9.24. The Balaban J connectivity index is 1.92. The van der Waals surface area contributed by atoms with Crippen molar-refractivity contribution in [2.75, 3.05) is 5.32 Å². The van der Waals surface area contributed by atoms with Crippen LogP contribution in [0.4, 0.5) is 5.82 Å². The van der Waals surface area contributed by atoms with Crippen molar-refractivity contribution in [1.29, 1.82) is 0 Å². The normalized spacial score (nSPS) is 12.8. The van der Waals surface area contributed by atoms with Crippen LogP contribution < -0.4 is 5.32 Å². The van der Waals surface area contributed by atoms with E-state index in [2.05, 4.69) is 44.2 Å². The first-order chi connectivity index (χ1) is 8.34. The van der Waals surface area contributed by atoms with Crippen LogP contribution >= 0.6 is 11.3 Å². The molecule has 0 aliphatic rings. The predicted octanol–water partition coefficient (Wildman–Crippen LogP) is 2.36. The lowest BCUT2D eigenvalue weighted by Gasteiger charge is -2.13. The largest absolute Gasteiger partial charge is 0.360 e. The molecule has 0 saturated heterocycles. The molecule has 3 aromatic rings. The summed E-state index contributed by atoms with van der Waals surface area (Å²) in [5, 5.41) is 15.5. The Morgan fingerprint density at radius 1 is 1.47 bits per heavy atom. The molecule has 0 spiro atoms. The van der Waals surface area contributed by atoms with Gasteiger partial charge in [-0.15, -0.1) is 10.2 Å². The van der Waals surface area contributed by atoms with Gasteiger partial charge in [-0.2, -0.15) is 11.3 Å². The lowest BCUT2D eigenvalue weighted by Crippen LogP contribution is -2.08. The second-order valence-corrected chi connectivity index (χ2v) is 4.54. The summed E-state index contributed by atoms with van der Waals surface area (Å²) >= 11 is 1.69. The highest BCUT2D eigenvalue weighted by Crippen LogP contribution is 2.21. The Hall–Kier alpha value is -1.95. The molecule has 0 bridgehead atoms. The van der Waals surface area contributed by atoms with Crippen molar-refractivity contribution in [2.45, 2.75) is 13.0 Å². The van der Waals surface area contributed by atoms with Crippen LogP contribution in [0.5, 0.6) is 0 Å². The van der Waals surface area contributed by atoms with Crippen LogP contribution in [0.3, 0.4) is 0 Å². The predicted molar refractivity (Wildman–Crippen MR) is 67.1 cm³/mol. The van der Waals surface area contributed by atoms with Gasteiger partial charge in [0.05, 0.1) is 6.04 Å². The van der Waals surface area contributed by atoms with Gasteiger partial charge in [0.2, 0.25) is 5.65 Å². The molecule has 0 amide bonds. The zero-order valence-corrected chi connectivity index (χ0v) is 10.1. The van der Waals surface area contributed by atoms with E-state index in [1.807, 2.05) is 10.6 Å². The average molecular weight is 245 g/mol. The molecule has 0 saturated carbocycles. The SMILES string of the molecule is CC(Nc1nccn2cnnc12)c1ccsc1. The van der Waals surface area contributed by atoms with Crippen molar-refractivity contribution in [3.63, 3.8) is 0 Å². The molecule has 0 fully saturated rings. The van der Waals surface area contributed by atoms with Crippen LogP contribution in [0.2, 0.25) is 0 Å². The van der Waals surface area contributed by atoms with Gasteiger partial charge in [-0.3, -0.25) is 4.40 Å². The van der Waals surface area contributed by atoms with Crippen LogP contribution in [0, 0.1) is 0 Å². The maximum Gasteiger partial charge on any atom is 0.203 e. The van der Waals surface area contributed by atoms with Crippen molar-refractivity contribution >= 4 is 22.8 Å². The Kier molecular flexibility index (Phi) is 2.49. The van der Waals surface area contributed by atoms with Gasteiger partial charge in [-0.25, -0.2) is 4.98 Å². The van der Waals surface area contributed by atoms with Crippen molar-refractivity contribution in [3.05, 3.63) is 41.1 Å². The molecule has 0 aromatic carbocycles. The smallest absolute Gasteiger partial charge is 0.203 e. The van der Waals surface area contributed by atoms with Gasteiger partial charge in [0, 0.05) is 12.4 Å². The maximum atomic E-state index is 4.30. The van der Waals surface area contributed by atoms with Crippen molar-refractivity contribution in [1.82, 2.24) is 19.6 Å². The fraction of sp³-hybridized carbons (Fsp3) is 0.182. The van der Waals surface area contributed by atoms with E-state index in [0.717, 1.165) is 11.5 Å². The van der Waals surface area contributed by atoms with Gasteiger partial charge < -0.3 is 5.32 Å². The minimum absolute atomic E-state index is 0.205. The van der Waals surface area contributed by atoms with Gasteiger partial charge in [0.25, 0.3) is 0 Å². The van der Waals surface area contributed by atoms with E-state index in [1.54, 1.807) is 23.9 Å². The third kappa shape index (κ3) is 1.87. The molecular weight excluding hydrogens is 234 g/mol. The number of thiophene rings is 1. The number of anilines is 1. The standard InChI is InChI=1S/C11H11N5S/c1-8(9-2-5-17-6-9)14-10-11-15-13-7-16(11)4-3-12-10/h2-8H,1H3,(H,12,14). The van der Waals surface area contributed by atoms with Crippen LogP contribution in [0.25, 0.3) is 5.65 Å². The topological polar surface area (TPSA) is 55.1 Å². The van der Waals surface area contributed by atoms with E-state index in [9.17, 15) is 0 Å². The summed E-state index contributed by atoms with van der Waals surface area (Å²) in [6.45, 7) is 2.10. The lowest BCUT2D eigenvalue weighted by atomic mass is 10.2. The minimum atomic E-state index is 0.205. The van der Waals surface area contributed by atoms with E-state index in [0.29, 0.717) is 0 Å². The van der Waals surface area contributed by atoms with Crippen molar-refractivity contribution < 1.29 is 0 Å². The summed E-state index contributed by atoms with van der Waals surface area (Å²) in [4.78, 5) is 4.30. The summed E-state index contributed by atoms with van der Waals surface area (Å²) in [5.41, 5.74) is 1.99. The van der Waals surface area contributed by atoms with Gasteiger partial charge in [0.15, 0.2) is 5.82 Å². The van der Waals surface area contributed by atoms with E-state index < -0.39 is 0 Å². The summed E-state index contributed by atoms with van der Waals surface area (Å²) in [6.07, 6.45) is 5.23. The molecule has 0 aliphatic heterocycles. The average Bonchev–Trinajstić information content (AvgIpc) is 3.00. The van der Waals surface area contributed by atoms with Gasteiger partial charge in [-0.05, 0) is 29.3 Å². The number of hydrogen-bond acceptors (Lipinski definition) is 5. The van der Waals surface area contributed by atoms with Gasteiger partial charge in [-0.1, -0.05) is 0 Å². The summed E-state index contributed by atoms with van der Waals surface area (Å²) in [6, 6.07) is 2.31. The molecule has 0 aliphatic carbocycles. The first kappa shape index (κ1) is 10.2. The monoisotopic (exact) mass is 245 g/mol. The highest BCUT2D eigenvalue weighted by atomic mass is 32.1. The molecule has 3 rings (SSSR count). The van der Waals surface area contributed by atoms with Crippen LogP contribution in [-0.4, -0.2) is 19.6 Å². The molecule has 3 aromatic heterocycles. The van der Waals surface area contributed by atoms with Crippen LogP contribution in [-0.2, 0) is 0 Å². The van der Waals surface area contributed by atoms with E-state index in [-0.39, 0.29) is 6.04 Å². The fourth-order valence-corrected chi connectivity index (χ4v) is 2.42. The quantitative estimate of drug-likeness (QED) is 0.769. The summed E-state index contributed by atoms with van der Waals surface area (Å²) < 4.78 is 1.84. The third-order valence-electron chi connectivity index (χ3n) is 2.61. The Labute approximate surface area is 102 Å². The summed E-state index contributed by atoms with van der Waals surface area (Å²) in [7, 11) is 0. The minimum Gasteiger partial charge on any atom is -0.360 e. The van der Waals surface area contributed by atoms with Crippen molar-refractivity contribution in [2.24, 2.45) is 0 Å². The molecule has 17 heavy (non-hydrogen) atoms. The Morgan fingerprint density at radius 2 is 2.41 bits per heavy atom. The lowest BCUT2D eigenvalue weighted by molar-refractivity contribution is 0.877. The number of aromatic nitrogens is 4. The maximum absolute atomic E-state index is 4.30. The van der Waals surface area contributed by atoms with Crippen molar-refractivity contribution in [3.8, 4) is 0 Å². The van der Waals surface area contributed by atoms with E-state index >= 15 is 0 Å². The zero-order chi connectivity index (χ0) is 11.7. The number of rotatable bonds is 3. The fourth-order valence-electron chi connectivity index (χ4n) is 1.67. The van der Waals surface area contributed by atoms with E-state index in [4.69, 9.17) is 0 Å². The number of hydrogen-bond donors (Lipinski definition) is 1. The highest BCUT2D eigenvalue weighted by molar-refractivity contribution is 7.07. The Morgan fingerprint density at radius 3 is 3.24 bits per heavy atom. The van der Waals surface area contributed by atoms with Crippen LogP contribution in [0.15, 0.2) is 35.5 Å². The molecule has 0 radical (unpaired) electrons. The van der Waals surface area contributed by atoms with Crippen LogP contribution in [0.1, 0.15) is 18.5 Å². The second kappa shape index (κ2) is 4.14. The summed E-state index contributed by atoms with van der Waals surface area (Å²) in [5.74, 6) is 0.753. The van der Waals surface area contributed by atoms with Gasteiger partial charge in [0.1, 0.15) is 6.33 Å². The first-order valence-electron chi connectivity index (χ1n) is 5.27. The van der Waals surface area contributed by atoms with Gasteiger partial charge >= 0.3 is 0 Å². The third-order valence-corrected chi connectivity index (χ3v) is 3.31. The first-order valence-corrected chi connectivity index (χ1v) is 6.22. The highest BCUT2D eigenvalue weighted by Gasteiger charge is 2.10.